The summed E-state index contributed by atoms with van der Waals surface area (Å²) in [5.41, 5.74) is 0. The molecule has 0 amide bonds. The third kappa shape index (κ3) is 3.14. The van der Waals surface area contributed by atoms with Crippen LogP contribution in [0.3, 0.4) is 0 Å². The van der Waals surface area contributed by atoms with Gasteiger partial charge in [0.05, 0.1) is 0 Å². The maximum atomic E-state index is 3.42. The Morgan fingerprint density at radius 3 is 2.50 bits per heavy atom. The summed E-state index contributed by atoms with van der Waals surface area (Å²) in [4.78, 5) is 2.76. The van der Waals surface area contributed by atoms with E-state index in [0.29, 0.717) is 0 Å². The zero-order valence-electron chi connectivity index (χ0n) is 10.7. The minimum atomic E-state index is 0.774. The molecule has 0 radical (unpaired) electrons. The van der Waals surface area contributed by atoms with Gasteiger partial charge in [-0.1, -0.05) is 6.42 Å². The highest BCUT2D eigenvalue weighted by molar-refractivity contribution is 7.99. The van der Waals surface area contributed by atoms with Gasteiger partial charge in [-0.25, -0.2) is 0 Å². The molecular formula is C13H26N2S. The molecule has 2 nitrogen and oxygen atoms in total. The van der Waals surface area contributed by atoms with Crippen molar-refractivity contribution in [3.05, 3.63) is 0 Å². The van der Waals surface area contributed by atoms with Crippen molar-refractivity contribution in [3.8, 4) is 0 Å². The summed E-state index contributed by atoms with van der Waals surface area (Å²) in [7, 11) is 2.10. The van der Waals surface area contributed by atoms with Crippen molar-refractivity contribution in [2.45, 2.75) is 55.9 Å². The molecule has 2 rings (SSSR count). The Labute approximate surface area is 105 Å². The molecule has 1 N–H and O–H groups in total. The summed E-state index contributed by atoms with van der Waals surface area (Å²) in [6.45, 7) is 2.63. The normalized spacial score (nSPS) is 34.1. The third-order valence-electron chi connectivity index (χ3n) is 4.39. The van der Waals surface area contributed by atoms with Gasteiger partial charge in [0.1, 0.15) is 0 Å². The number of rotatable bonds is 3. The van der Waals surface area contributed by atoms with Gasteiger partial charge >= 0.3 is 0 Å². The molecule has 1 saturated heterocycles. The van der Waals surface area contributed by atoms with Crippen LogP contribution >= 0.6 is 11.8 Å². The van der Waals surface area contributed by atoms with Crippen LogP contribution in [0, 0.1) is 0 Å². The van der Waals surface area contributed by atoms with Crippen molar-refractivity contribution >= 4 is 11.8 Å². The number of nitrogens with one attached hydrogen (secondary N) is 1. The minimum absolute atomic E-state index is 0.774. The molecule has 0 spiro atoms. The predicted molar refractivity (Wildman–Crippen MR) is 73.2 cm³/mol. The topological polar surface area (TPSA) is 15.3 Å². The summed E-state index contributed by atoms with van der Waals surface area (Å²) in [5, 5.41) is 4.35. The van der Waals surface area contributed by atoms with E-state index >= 15 is 0 Å². The maximum Gasteiger partial charge on any atom is 0.0106 e. The summed E-state index contributed by atoms with van der Waals surface area (Å²) in [6, 6.07) is 1.67. The van der Waals surface area contributed by atoms with Crippen molar-refractivity contribution in [3.63, 3.8) is 0 Å². The second-order valence-corrected chi connectivity index (χ2v) is 6.42. The molecule has 0 aromatic heterocycles. The first-order chi connectivity index (χ1) is 7.83. The zero-order valence-corrected chi connectivity index (χ0v) is 11.6. The first kappa shape index (κ1) is 12.7. The fraction of sp³-hybridized carbons (Fsp3) is 1.00. The number of nitrogens with zero attached hydrogens (tertiary/aromatic N) is 1. The zero-order chi connectivity index (χ0) is 11.4. The Morgan fingerprint density at radius 1 is 1.12 bits per heavy atom. The molecule has 94 valence electrons. The van der Waals surface area contributed by atoms with Gasteiger partial charge in [0.25, 0.3) is 0 Å². The molecule has 0 aromatic carbocycles. The van der Waals surface area contributed by atoms with Crippen molar-refractivity contribution in [2.75, 3.05) is 26.4 Å². The van der Waals surface area contributed by atoms with Crippen LogP contribution in [0.1, 0.15) is 38.5 Å². The average molecular weight is 242 g/mol. The number of likely N-dealkylation sites (tertiary alicyclic amines) is 1. The second-order valence-electron chi connectivity index (χ2n) is 5.28. The van der Waals surface area contributed by atoms with Gasteiger partial charge in [0, 0.05) is 17.3 Å². The Morgan fingerprint density at radius 2 is 1.88 bits per heavy atom. The van der Waals surface area contributed by atoms with E-state index in [1.54, 1.807) is 0 Å². The lowest BCUT2D eigenvalue weighted by molar-refractivity contribution is 0.119. The van der Waals surface area contributed by atoms with Crippen LogP contribution < -0.4 is 5.32 Å². The van der Waals surface area contributed by atoms with Gasteiger partial charge in [-0.2, -0.15) is 11.8 Å². The molecule has 0 aromatic rings. The van der Waals surface area contributed by atoms with E-state index < -0.39 is 0 Å². The fourth-order valence-electron chi connectivity index (χ4n) is 3.22. The molecule has 2 atom stereocenters. The molecule has 0 bridgehead atoms. The first-order valence-corrected chi connectivity index (χ1v) is 8.06. The molecule has 2 aliphatic rings. The second kappa shape index (κ2) is 6.27. The molecular weight excluding hydrogens is 216 g/mol. The highest BCUT2D eigenvalue weighted by Crippen LogP contribution is 2.31. The van der Waals surface area contributed by atoms with Crippen LogP contribution in [0.5, 0.6) is 0 Å². The van der Waals surface area contributed by atoms with Gasteiger partial charge in [0.2, 0.25) is 0 Å². The predicted octanol–water partition coefficient (Wildman–Crippen LogP) is 2.34. The highest BCUT2D eigenvalue weighted by atomic mass is 32.2. The smallest absolute Gasteiger partial charge is 0.0106 e. The van der Waals surface area contributed by atoms with Gasteiger partial charge in [-0.15, -0.1) is 0 Å². The summed E-state index contributed by atoms with van der Waals surface area (Å²) >= 11 is 2.08. The van der Waals surface area contributed by atoms with Crippen LogP contribution in [0.4, 0.5) is 0 Å². The van der Waals surface area contributed by atoms with Gasteiger partial charge in [0.15, 0.2) is 0 Å². The minimum Gasteiger partial charge on any atom is -0.317 e. The third-order valence-corrected chi connectivity index (χ3v) is 5.48. The van der Waals surface area contributed by atoms with Crippen molar-refractivity contribution in [1.29, 1.82) is 0 Å². The molecule has 1 saturated carbocycles. The monoisotopic (exact) mass is 242 g/mol. The van der Waals surface area contributed by atoms with Crippen LogP contribution in [0.25, 0.3) is 0 Å². The molecule has 16 heavy (non-hydrogen) atoms. The Balaban J connectivity index is 1.79. The number of thioether (sulfide) groups is 1. The van der Waals surface area contributed by atoms with Crippen LogP contribution in [-0.4, -0.2) is 48.6 Å². The summed E-state index contributed by atoms with van der Waals surface area (Å²) in [6.07, 6.45) is 10.7. The standard InChI is InChI=1S/C13H26N2S/c1-14-11-6-8-15(9-7-11)12-4-3-5-13(10-12)16-2/h11-14H,3-10H2,1-2H3. The van der Waals surface area contributed by atoms with Gasteiger partial charge in [-0.05, 0) is 58.5 Å². The van der Waals surface area contributed by atoms with Gasteiger partial charge < -0.3 is 10.2 Å². The Bertz CT molecular complexity index is 202. The van der Waals surface area contributed by atoms with E-state index in [0.717, 1.165) is 17.3 Å². The molecule has 1 heterocycles. The highest BCUT2D eigenvalue weighted by Gasteiger charge is 2.28. The number of hydrogen-bond donors (Lipinski definition) is 1. The van der Waals surface area contributed by atoms with Crippen LogP contribution in [-0.2, 0) is 0 Å². The van der Waals surface area contributed by atoms with Crippen molar-refractivity contribution in [1.82, 2.24) is 10.2 Å². The maximum absolute atomic E-state index is 3.42. The molecule has 3 heteroatoms. The molecule has 2 fully saturated rings. The lowest BCUT2D eigenvalue weighted by atomic mass is 9.91. The average Bonchev–Trinajstić information content (AvgIpc) is 2.39. The van der Waals surface area contributed by atoms with Gasteiger partial charge in [-0.3, -0.25) is 0 Å². The van der Waals surface area contributed by atoms with E-state index in [1.165, 1.54) is 51.6 Å². The lowest BCUT2D eigenvalue weighted by Gasteiger charge is -2.41. The van der Waals surface area contributed by atoms with E-state index in [4.69, 9.17) is 0 Å². The Hall–Kier alpha value is 0.270. The van der Waals surface area contributed by atoms with Crippen molar-refractivity contribution in [2.24, 2.45) is 0 Å². The lowest BCUT2D eigenvalue weighted by Crippen LogP contribution is -2.47. The largest absolute Gasteiger partial charge is 0.317 e. The van der Waals surface area contributed by atoms with Crippen LogP contribution in [0.15, 0.2) is 0 Å². The van der Waals surface area contributed by atoms with E-state index in [-0.39, 0.29) is 0 Å². The fourth-order valence-corrected chi connectivity index (χ4v) is 4.04. The quantitative estimate of drug-likeness (QED) is 0.818. The van der Waals surface area contributed by atoms with E-state index in [1.807, 2.05) is 0 Å². The molecule has 2 unspecified atom stereocenters. The number of piperidine rings is 1. The molecule has 1 aliphatic heterocycles. The number of hydrogen-bond acceptors (Lipinski definition) is 3. The molecule has 1 aliphatic carbocycles. The Kier molecular flexibility index (Phi) is 4.98. The summed E-state index contributed by atoms with van der Waals surface area (Å²) in [5.74, 6) is 0. The van der Waals surface area contributed by atoms with E-state index in [2.05, 4.69) is 35.3 Å². The van der Waals surface area contributed by atoms with Crippen molar-refractivity contribution < 1.29 is 0 Å². The first-order valence-electron chi connectivity index (χ1n) is 6.77. The van der Waals surface area contributed by atoms with Crippen LogP contribution in [0.2, 0.25) is 0 Å². The SMILES string of the molecule is CNC1CCN(C2CCCC(SC)C2)CC1. The summed E-state index contributed by atoms with van der Waals surface area (Å²) < 4.78 is 0. The van der Waals surface area contributed by atoms with E-state index in [9.17, 15) is 0 Å².